The lowest BCUT2D eigenvalue weighted by Gasteiger charge is -2.07. The Morgan fingerprint density at radius 3 is 2.67 bits per heavy atom. The van der Waals surface area contributed by atoms with Gasteiger partial charge in [-0.25, -0.2) is 4.79 Å². The van der Waals surface area contributed by atoms with Crippen molar-refractivity contribution in [1.29, 1.82) is 0 Å². The summed E-state index contributed by atoms with van der Waals surface area (Å²) in [6.45, 7) is 4.09. The van der Waals surface area contributed by atoms with Gasteiger partial charge in [0.1, 0.15) is 0 Å². The molecule has 0 atom stereocenters. The molecule has 0 fully saturated rings. The number of carbonyl (C=O) groups is 2. The van der Waals surface area contributed by atoms with Crippen LogP contribution in [0.4, 0.5) is 4.79 Å². The van der Waals surface area contributed by atoms with E-state index in [-0.39, 0.29) is 5.91 Å². The maximum atomic E-state index is 11.4. The van der Waals surface area contributed by atoms with Gasteiger partial charge in [0.05, 0.1) is 0 Å². The normalized spacial score (nSPS) is 9.94. The highest BCUT2D eigenvalue weighted by molar-refractivity contribution is 7.99. The van der Waals surface area contributed by atoms with Crippen LogP contribution < -0.4 is 10.6 Å². The van der Waals surface area contributed by atoms with Crippen molar-refractivity contribution < 1.29 is 9.59 Å². The summed E-state index contributed by atoms with van der Waals surface area (Å²) >= 11 is 1.63. The molecule has 0 aliphatic heterocycles. The molecule has 3 amide bonds. The fourth-order valence-corrected chi connectivity index (χ4v) is 2.44. The number of nitrogens with one attached hydrogen (secondary N) is 2. The summed E-state index contributed by atoms with van der Waals surface area (Å²) in [5, 5.41) is 4.58. The van der Waals surface area contributed by atoms with Gasteiger partial charge < -0.3 is 5.32 Å². The summed E-state index contributed by atoms with van der Waals surface area (Å²) in [6, 6.07) is 5.79. The van der Waals surface area contributed by atoms with Gasteiger partial charge in [-0.05, 0) is 25.5 Å². The number of amides is 3. The fourth-order valence-electron chi connectivity index (χ4n) is 1.37. The maximum Gasteiger partial charge on any atom is 0.321 e. The topological polar surface area (TPSA) is 58.2 Å². The second kappa shape index (κ2) is 7.06. The molecule has 0 aliphatic rings. The minimum Gasteiger partial charge on any atom is -0.341 e. The number of hydrogen-bond donors (Lipinski definition) is 2. The van der Waals surface area contributed by atoms with E-state index >= 15 is 0 Å². The quantitative estimate of drug-likeness (QED) is 0.822. The highest BCUT2D eigenvalue weighted by atomic mass is 32.2. The number of aryl methyl sites for hydroxylation is 2. The number of hydrogen-bond acceptors (Lipinski definition) is 3. The highest BCUT2D eigenvalue weighted by Gasteiger charge is 2.06. The van der Waals surface area contributed by atoms with Crippen LogP contribution in [0.2, 0.25) is 0 Å². The van der Waals surface area contributed by atoms with Crippen LogP contribution in [-0.4, -0.2) is 24.7 Å². The molecule has 0 saturated heterocycles. The van der Waals surface area contributed by atoms with E-state index in [0.29, 0.717) is 12.2 Å². The summed E-state index contributed by atoms with van der Waals surface area (Å²) in [5.74, 6) is 0.403. The zero-order chi connectivity index (χ0) is 13.5. The minimum absolute atomic E-state index is 0.257. The second-order valence-electron chi connectivity index (χ2n) is 3.99. The highest BCUT2D eigenvalue weighted by Crippen LogP contribution is 2.23. The first kappa shape index (κ1) is 14.6. The largest absolute Gasteiger partial charge is 0.341 e. The molecule has 0 unspecified atom stereocenters. The number of imide groups is 1. The first-order valence-electron chi connectivity index (χ1n) is 5.74. The molecular formula is C13H18N2O2S. The van der Waals surface area contributed by atoms with Crippen LogP contribution in [0.1, 0.15) is 17.5 Å². The third kappa shape index (κ3) is 4.79. The SMILES string of the molecule is CNC(=O)NC(=O)CCSc1cc(C)ccc1C. The second-order valence-corrected chi connectivity index (χ2v) is 5.13. The molecule has 0 heterocycles. The number of urea groups is 1. The molecule has 0 saturated carbocycles. The van der Waals surface area contributed by atoms with Crippen LogP contribution >= 0.6 is 11.8 Å². The van der Waals surface area contributed by atoms with Gasteiger partial charge in [-0.2, -0.15) is 0 Å². The molecule has 0 radical (unpaired) electrons. The molecule has 98 valence electrons. The van der Waals surface area contributed by atoms with Gasteiger partial charge in [0.2, 0.25) is 5.91 Å². The van der Waals surface area contributed by atoms with Gasteiger partial charge in [0.15, 0.2) is 0 Å². The summed E-state index contributed by atoms with van der Waals surface area (Å²) in [4.78, 5) is 23.5. The van der Waals surface area contributed by atoms with E-state index in [1.807, 2.05) is 13.8 Å². The molecule has 5 heteroatoms. The summed E-state index contributed by atoms with van der Waals surface area (Å²) < 4.78 is 0. The third-order valence-corrected chi connectivity index (χ3v) is 3.57. The van der Waals surface area contributed by atoms with Gasteiger partial charge in [-0.15, -0.1) is 11.8 Å². The standard InChI is InChI=1S/C13H18N2O2S/c1-9-4-5-10(2)11(8-9)18-7-6-12(16)15-13(17)14-3/h4-5,8H,6-7H2,1-3H3,(H2,14,15,16,17). The third-order valence-electron chi connectivity index (χ3n) is 2.41. The Bertz CT molecular complexity index is 447. The van der Waals surface area contributed by atoms with E-state index in [1.54, 1.807) is 11.8 Å². The van der Waals surface area contributed by atoms with E-state index in [2.05, 4.69) is 28.8 Å². The predicted octanol–water partition coefficient (Wildman–Crippen LogP) is 2.24. The number of benzene rings is 1. The summed E-state index contributed by atoms with van der Waals surface area (Å²) in [7, 11) is 1.48. The number of thioether (sulfide) groups is 1. The molecule has 1 aromatic rings. The molecule has 18 heavy (non-hydrogen) atoms. The van der Waals surface area contributed by atoms with Crippen LogP contribution in [0, 0.1) is 13.8 Å². The van der Waals surface area contributed by atoms with Gasteiger partial charge in [0, 0.05) is 24.1 Å². The van der Waals surface area contributed by atoms with Crippen molar-refractivity contribution in [2.45, 2.75) is 25.2 Å². The zero-order valence-electron chi connectivity index (χ0n) is 10.9. The Kier molecular flexibility index (Phi) is 5.71. The van der Waals surface area contributed by atoms with Gasteiger partial charge >= 0.3 is 6.03 Å². The summed E-state index contributed by atoms with van der Waals surface area (Å²) in [5.41, 5.74) is 2.41. The molecule has 4 nitrogen and oxygen atoms in total. The number of rotatable bonds is 4. The lowest BCUT2D eigenvalue weighted by Crippen LogP contribution is -2.37. The van der Waals surface area contributed by atoms with Crippen LogP contribution in [0.25, 0.3) is 0 Å². The molecule has 1 rings (SSSR count). The van der Waals surface area contributed by atoms with Crippen molar-refractivity contribution >= 4 is 23.7 Å². The molecular weight excluding hydrogens is 248 g/mol. The minimum atomic E-state index is -0.461. The lowest BCUT2D eigenvalue weighted by atomic mass is 10.2. The lowest BCUT2D eigenvalue weighted by molar-refractivity contribution is -0.119. The van der Waals surface area contributed by atoms with Crippen LogP contribution in [0.3, 0.4) is 0 Å². The van der Waals surface area contributed by atoms with E-state index in [9.17, 15) is 9.59 Å². The number of carbonyl (C=O) groups excluding carboxylic acids is 2. The summed E-state index contributed by atoms with van der Waals surface area (Å²) in [6.07, 6.45) is 0.325. The first-order valence-corrected chi connectivity index (χ1v) is 6.73. The average Bonchev–Trinajstić information content (AvgIpc) is 2.33. The van der Waals surface area contributed by atoms with Crippen molar-refractivity contribution in [1.82, 2.24) is 10.6 Å². The van der Waals surface area contributed by atoms with Crippen molar-refractivity contribution in [2.24, 2.45) is 0 Å². The van der Waals surface area contributed by atoms with E-state index in [0.717, 1.165) is 0 Å². The molecule has 1 aromatic carbocycles. The predicted molar refractivity (Wildman–Crippen MR) is 73.9 cm³/mol. The molecule has 0 aliphatic carbocycles. The van der Waals surface area contributed by atoms with E-state index in [1.165, 1.54) is 23.1 Å². The first-order chi connectivity index (χ1) is 8.52. The Balaban J connectivity index is 2.39. The molecule has 0 bridgehead atoms. The van der Waals surface area contributed by atoms with Crippen molar-refractivity contribution in [3.8, 4) is 0 Å². The van der Waals surface area contributed by atoms with Crippen molar-refractivity contribution in [2.75, 3.05) is 12.8 Å². The Morgan fingerprint density at radius 2 is 2.00 bits per heavy atom. The van der Waals surface area contributed by atoms with Gasteiger partial charge in [0.25, 0.3) is 0 Å². The Labute approximate surface area is 112 Å². The van der Waals surface area contributed by atoms with Gasteiger partial charge in [-0.1, -0.05) is 17.7 Å². The van der Waals surface area contributed by atoms with Gasteiger partial charge in [-0.3, -0.25) is 10.1 Å². The van der Waals surface area contributed by atoms with Crippen molar-refractivity contribution in [3.05, 3.63) is 29.3 Å². The van der Waals surface area contributed by atoms with Crippen LogP contribution in [0.5, 0.6) is 0 Å². The van der Waals surface area contributed by atoms with Crippen LogP contribution in [0.15, 0.2) is 23.1 Å². The maximum absolute atomic E-state index is 11.4. The average molecular weight is 266 g/mol. The van der Waals surface area contributed by atoms with Crippen molar-refractivity contribution in [3.63, 3.8) is 0 Å². The zero-order valence-corrected chi connectivity index (χ0v) is 11.7. The van der Waals surface area contributed by atoms with E-state index < -0.39 is 6.03 Å². The monoisotopic (exact) mass is 266 g/mol. The fraction of sp³-hybridized carbons (Fsp3) is 0.385. The van der Waals surface area contributed by atoms with Crippen LogP contribution in [-0.2, 0) is 4.79 Å². The Morgan fingerprint density at radius 1 is 1.28 bits per heavy atom. The molecule has 0 spiro atoms. The molecule has 0 aromatic heterocycles. The van der Waals surface area contributed by atoms with E-state index in [4.69, 9.17) is 0 Å². The Hall–Kier alpha value is -1.49. The molecule has 2 N–H and O–H groups in total. The smallest absolute Gasteiger partial charge is 0.321 e.